The van der Waals surface area contributed by atoms with Crippen molar-refractivity contribution in [2.24, 2.45) is 0 Å². The zero-order valence-electron chi connectivity index (χ0n) is 11.5. The van der Waals surface area contributed by atoms with Crippen LogP contribution in [-0.2, 0) is 6.54 Å². The fourth-order valence-corrected chi connectivity index (χ4v) is 3.27. The van der Waals surface area contributed by atoms with Crippen molar-refractivity contribution in [2.75, 3.05) is 13.6 Å². The van der Waals surface area contributed by atoms with Gasteiger partial charge in [-0.15, -0.1) is 0 Å². The third kappa shape index (κ3) is 1.84. The Hall–Kier alpha value is -2.06. The van der Waals surface area contributed by atoms with Crippen molar-refractivity contribution in [3.8, 4) is 0 Å². The van der Waals surface area contributed by atoms with E-state index in [-0.39, 0.29) is 0 Å². The van der Waals surface area contributed by atoms with Crippen LogP contribution in [0.2, 0.25) is 0 Å². The van der Waals surface area contributed by atoms with Gasteiger partial charge in [-0.25, -0.2) is 0 Å². The topological polar surface area (TPSA) is 16.4 Å². The highest BCUT2D eigenvalue weighted by molar-refractivity contribution is 5.79. The van der Waals surface area contributed by atoms with Gasteiger partial charge in [0.2, 0.25) is 0 Å². The lowest BCUT2D eigenvalue weighted by Crippen LogP contribution is -2.30. The first-order chi connectivity index (χ1) is 9.81. The van der Waals surface area contributed by atoms with Crippen LogP contribution in [0, 0.1) is 0 Å². The van der Waals surface area contributed by atoms with Gasteiger partial charge in [0, 0.05) is 24.4 Å². The molecule has 0 spiro atoms. The summed E-state index contributed by atoms with van der Waals surface area (Å²) in [7, 11) is 2.19. The summed E-state index contributed by atoms with van der Waals surface area (Å²) in [5.41, 5.74) is 5.22. The highest BCUT2D eigenvalue weighted by Crippen LogP contribution is 2.35. The molecule has 0 saturated carbocycles. The van der Waals surface area contributed by atoms with Crippen molar-refractivity contribution < 1.29 is 4.42 Å². The fourth-order valence-electron chi connectivity index (χ4n) is 3.27. The van der Waals surface area contributed by atoms with E-state index in [0.717, 1.165) is 18.7 Å². The normalized spacial score (nSPS) is 19.1. The van der Waals surface area contributed by atoms with Crippen molar-refractivity contribution >= 4 is 11.0 Å². The molecular weight excluding hydrogens is 246 g/mol. The molecule has 1 aliphatic heterocycles. The lowest BCUT2D eigenvalue weighted by Gasteiger charge is -2.32. The summed E-state index contributed by atoms with van der Waals surface area (Å²) in [5.74, 6) is 0.448. The predicted molar refractivity (Wildman–Crippen MR) is 80.8 cm³/mol. The Morgan fingerprint density at radius 2 is 1.95 bits per heavy atom. The zero-order chi connectivity index (χ0) is 13.5. The number of furan rings is 1. The molecule has 0 amide bonds. The van der Waals surface area contributed by atoms with Crippen LogP contribution < -0.4 is 0 Å². The van der Waals surface area contributed by atoms with E-state index in [1.54, 1.807) is 6.26 Å². The van der Waals surface area contributed by atoms with Gasteiger partial charge in [0.25, 0.3) is 0 Å². The average Bonchev–Trinajstić information content (AvgIpc) is 2.92. The summed E-state index contributed by atoms with van der Waals surface area (Å²) in [6.07, 6.45) is 1.78. The van der Waals surface area contributed by atoms with Gasteiger partial charge in [0.1, 0.15) is 5.58 Å². The SMILES string of the molecule is CN1Cc2cc3occc3cc2[C@H](c2ccccc2)C1. The lowest BCUT2D eigenvalue weighted by atomic mass is 9.84. The first-order valence-electron chi connectivity index (χ1n) is 7.05. The molecule has 1 atom stereocenters. The zero-order valence-corrected chi connectivity index (χ0v) is 11.5. The lowest BCUT2D eigenvalue weighted by molar-refractivity contribution is 0.295. The van der Waals surface area contributed by atoms with Gasteiger partial charge in [-0.05, 0) is 41.9 Å². The van der Waals surface area contributed by atoms with Crippen LogP contribution in [0.5, 0.6) is 0 Å². The monoisotopic (exact) mass is 263 g/mol. The van der Waals surface area contributed by atoms with Gasteiger partial charge in [0.15, 0.2) is 0 Å². The molecule has 2 aromatic carbocycles. The molecule has 20 heavy (non-hydrogen) atoms. The van der Waals surface area contributed by atoms with Crippen molar-refractivity contribution in [3.63, 3.8) is 0 Å². The molecule has 2 heteroatoms. The van der Waals surface area contributed by atoms with Crippen LogP contribution in [0.15, 0.2) is 59.2 Å². The number of nitrogens with zero attached hydrogens (tertiary/aromatic N) is 1. The second-order valence-corrected chi connectivity index (χ2v) is 5.67. The summed E-state index contributed by atoms with van der Waals surface area (Å²) in [6.45, 7) is 2.07. The first-order valence-corrected chi connectivity index (χ1v) is 7.05. The van der Waals surface area contributed by atoms with Crippen LogP contribution >= 0.6 is 0 Å². The number of hydrogen-bond acceptors (Lipinski definition) is 2. The standard InChI is InChI=1S/C18H17NO/c1-19-11-15-10-18-14(7-8-20-18)9-16(15)17(12-19)13-5-3-2-4-6-13/h2-10,17H,11-12H2,1H3/t17-/m0/s1. The molecule has 0 N–H and O–H groups in total. The Balaban J connectivity index is 1.90. The second kappa shape index (κ2) is 4.50. The molecule has 2 heterocycles. The van der Waals surface area contributed by atoms with Crippen LogP contribution in [-0.4, -0.2) is 18.5 Å². The number of hydrogen-bond donors (Lipinski definition) is 0. The second-order valence-electron chi connectivity index (χ2n) is 5.67. The van der Waals surface area contributed by atoms with E-state index in [1.165, 1.54) is 22.1 Å². The van der Waals surface area contributed by atoms with Crippen molar-refractivity contribution in [2.45, 2.75) is 12.5 Å². The van der Waals surface area contributed by atoms with Crippen LogP contribution in [0.25, 0.3) is 11.0 Å². The quantitative estimate of drug-likeness (QED) is 0.659. The molecule has 3 aromatic rings. The van der Waals surface area contributed by atoms with E-state index in [0.29, 0.717) is 5.92 Å². The number of rotatable bonds is 1. The molecular formula is C18H17NO. The van der Waals surface area contributed by atoms with Gasteiger partial charge in [-0.3, -0.25) is 0 Å². The molecule has 1 aromatic heterocycles. The van der Waals surface area contributed by atoms with Gasteiger partial charge in [0.05, 0.1) is 6.26 Å². The van der Waals surface area contributed by atoms with E-state index >= 15 is 0 Å². The molecule has 0 unspecified atom stereocenters. The van der Waals surface area contributed by atoms with E-state index in [1.807, 2.05) is 0 Å². The summed E-state index contributed by atoms with van der Waals surface area (Å²) < 4.78 is 5.54. The summed E-state index contributed by atoms with van der Waals surface area (Å²) in [5, 5.41) is 1.20. The molecule has 2 nitrogen and oxygen atoms in total. The Labute approximate surface area is 118 Å². The Morgan fingerprint density at radius 3 is 2.80 bits per heavy atom. The highest BCUT2D eigenvalue weighted by Gasteiger charge is 2.25. The molecule has 100 valence electrons. The summed E-state index contributed by atoms with van der Waals surface area (Å²) >= 11 is 0. The first kappa shape index (κ1) is 11.7. The van der Waals surface area contributed by atoms with Gasteiger partial charge in [-0.1, -0.05) is 30.3 Å². The third-order valence-electron chi connectivity index (χ3n) is 4.23. The van der Waals surface area contributed by atoms with Gasteiger partial charge in [-0.2, -0.15) is 0 Å². The maximum atomic E-state index is 5.54. The maximum Gasteiger partial charge on any atom is 0.134 e. The van der Waals surface area contributed by atoms with E-state index < -0.39 is 0 Å². The minimum Gasteiger partial charge on any atom is -0.464 e. The predicted octanol–water partition coefficient (Wildman–Crippen LogP) is 4.01. The van der Waals surface area contributed by atoms with Gasteiger partial charge < -0.3 is 9.32 Å². The molecule has 0 saturated heterocycles. The molecule has 0 bridgehead atoms. The molecule has 4 rings (SSSR count). The minimum absolute atomic E-state index is 0.448. The Bertz CT molecular complexity index is 744. The van der Waals surface area contributed by atoms with Crippen molar-refractivity contribution in [1.82, 2.24) is 4.90 Å². The minimum atomic E-state index is 0.448. The van der Waals surface area contributed by atoms with Crippen LogP contribution in [0.3, 0.4) is 0 Å². The summed E-state index contributed by atoms with van der Waals surface area (Å²) in [4.78, 5) is 2.38. The van der Waals surface area contributed by atoms with E-state index in [4.69, 9.17) is 4.42 Å². The summed E-state index contributed by atoms with van der Waals surface area (Å²) in [6, 6.07) is 17.3. The molecule has 0 radical (unpaired) electrons. The van der Waals surface area contributed by atoms with Gasteiger partial charge >= 0.3 is 0 Å². The highest BCUT2D eigenvalue weighted by atomic mass is 16.3. The van der Waals surface area contributed by atoms with Crippen LogP contribution in [0.4, 0.5) is 0 Å². The number of likely N-dealkylation sites (N-methyl/N-ethyl adjacent to an activating group) is 1. The van der Waals surface area contributed by atoms with Crippen LogP contribution in [0.1, 0.15) is 22.6 Å². The Kier molecular flexibility index (Phi) is 2.64. The van der Waals surface area contributed by atoms with E-state index in [9.17, 15) is 0 Å². The molecule has 0 aliphatic carbocycles. The van der Waals surface area contributed by atoms with Crippen molar-refractivity contribution in [3.05, 3.63) is 71.5 Å². The largest absolute Gasteiger partial charge is 0.464 e. The Morgan fingerprint density at radius 1 is 1.10 bits per heavy atom. The molecule has 1 aliphatic rings. The third-order valence-corrected chi connectivity index (χ3v) is 4.23. The number of benzene rings is 2. The van der Waals surface area contributed by atoms with E-state index in [2.05, 4.69) is 60.5 Å². The van der Waals surface area contributed by atoms with Crippen molar-refractivity contribution in [1.29, 1.82) is 0 Å². The number of fused-ring (bicyclic) bond motifs is 2. The smallest absolute Gasteiger partial charge is 0.134 e. The maximum absolute atomic E-state index is 5.54. The molecule has 0 fully saturated rings. The fraction of sp³-hybridized carbons (Fsp3) is 0.222. The average molecular weight is 263 g/mol.